The molecule has 0 unspecified atom stereocenters. The van der Waals surface area contributed by atoms with Gasteiger partial charge in [-0.2, -0.15) is 0 Å². The normalized spacial score (nSPS) is 12.1. The zero-order valence-corrected chi connectivity index (χ0v) is 20.8. The van der Waals surface area contributed by atoms with Crippen LogP contribution < -0.4 is 20.3 Å². The molecule has 5 rings (SSSR count). The summed E-state index contributed by atoms with van der Waals surface area (Å²) in [6.45, 7) is 7.19. The number of fused-ring (bicyclic) bond motifs is 2. The zero-order chi connectivity index (χ0) is 24.5. The fourth-order valence-corrected chi connectivity index (χ4v) is 4.44. The van der Waals surface area contributed by atoms with E-state index in [1.54, 1.807) is 0 Å². The first-order chi connectivity index (χ1) is 16.9. The van der Waals surface area contributed by atoms with Crippen molar-refractivity contribution in [3.8, 4) is 11.5 Å². The minimum atomic E-state index is -0.111. The molecule has 2 heterocycles. The Balaban J connectivity index is 1.47. The lowest BCUT2D eigenvalue weighted by Gasteiger charge is -2.26. The van der Waals surface area contributed by atoms with Crippen LogP contribution in [0.2, 0.25) is 0 Å². The first-order valence-corrected chi connectivity index (χ1v) is 11.9. The number of aromatic amines is 1. The number of aryl methyl sites for hydroxylation is 3. The average molecular weight is 486 g/mol. The van der Waals surface area contributed by atoms with Gasteiger partial charge in [-0.05, 0) is 85.4 Å². The SMILES string of the molecule is Cc1ccc(NC(=S)N(Cc2ccc3c(c2)OCO3)Cc2cc3ccc(C)c(C)c3[nH]c2=O)cc1. The molecule has 3 aromatic carbocycles. The maximum atomic E-state index is 13.1. The van der Waals surface area contributed by atoms with Crippen molar-refractivity contribution in [2.24, 2.45) is 0 Å². The van der Waals surface area contributed by atoms with E-state index >= 15 is 0 Å². The molecule has 0 spiro atoms. The standard InChI is InChI=1S/C28H27N3O3S/c1-17-4-9-23(10-5-17)29-28(35)31(14-20-7-11-24-25(12-20)34-16-33-24)15-22-13-21-8-6-18(2)19(3)26(21)30-27(22)32/h4-13H,14-16H2,1-3H3,(H,29,35)(H,30,32). The van der Waals surface area contributed by atoms with Gasteiger partial charge >= 0.3 is 0 Å². The molecular formula is C28H27N3O3S. The van der Waals surface area contributed by atoms with Crippen LogP contribution in [0.3, 0.4) is 0 Å². The largest absolute Gasteiger partial charge is 0.454 e. The molecule has 0 saturated carbocycles. The Morgan fingerprint density at radius 1 is 0.971 bits per heavy atom. The van der Waals surface area contributed by atoms with Gasteiger partial charge in [-0.1, -0.05) is 35.9 Å². The van der Waals surface area contributed by atoms with Gasteiger partial charge in [0.25, 0.3) is 5.56 Å². The van der Waals surface area contributed by atoms with Gasteiger partial charge in [0, 0.05) is 17.8 Å². The van der Waals surface area contributed by atoms with E-state index in [0.29, 0.717) is 29.5 Å². The van der Waals surface area contributed by atoms with E-state index in [2.05, 4.69) is 16.4 Å². The highest BCUT2D eigenvalue weighted by Crippen LogP contribution is 2.33. The van der Waals surface area contributed by atoms with E-state index in [1.165, 1.54) is 5.56 Å². The van der Waals surface area contributed by atoms with Crippen LogP contribution in [0.15, 0.2) is 65.5 Å². The van der Waals surface area contributed by atoms with Crippen LogP contribution in [0.25, 0.3) is 10.9 Å². The summed E-state index contributed by atoms with van der Waals surface area (Å²) in [7, 11) is 0. The van der Waals surface area contributed by atoms with Crippen LogP contribution >= 0.6 is 12.2 Å². The molecule has 4 aromatic rings. The van der Waals surface area contributed by atoms with Crippen LogP contribution in [-0.4, -0.2) is 21.8 Å². The minimum Gasteiger partial charge on any atom is -0.454 e. The summed E-state index contributed by atoms with van der Waals surface area (Å²) in [4.78, 5) is 18.1. The third kappa shape index (κ3) is 4.86. The van der Waals surface area contributed by atoms with Crippen molar-refractivity contribution >= 4 is 33.9 Å². The summed E-state index contributed by atoms with van der Waals surface area (Å²) in [5.74, 6) is 1.45. The van der Waals surface area contributed by atoms with Gasteiger partial charge in [0.15, 0.2) is 16.6 Å². The van der Waals surface area contributed by atoms with Crippen molar-refractivity contribution in [3.05, 3.63) is 98.8 Å². The first-order valence-electron chi connectivity index (χ1n) is 11.5. The van der Waals surface area contributed by atoms with Crippen LogP contribution in [-0.2, 0) is 13.1 Å². The Morgan fingerprint density at radius 3 is 2.54 bits per heavy atom. The lowest BCUT2D eigenvalue weighted by Crippen LogP contribution is -2.35. The minimum absolute atomic E-state index is 0.111. The molecule has 0 atom stereocenters. The molecule has 178 valence electrons. The Hall–Kier alpha value is -3.84. The number of pyridine rings is 1. The van der Waals surface area contributed by atoms with Gasteiger partial charge in [-0.25, -0.2) is 0 Å². The predicted octanol–water partition coefficient (Wildman–Crippen LogP) is 5.58. The Kier molecular flexibility index (Phi) is 6.17. The summed E-state index contributed by atoms with van der Waals surface area (Å²) < 4.78 is 11.0. The van der Waals surface area contributed by atoms with Crippen molar-refractivity contribution in [1.82, 2.24) is 9.88 Å². The number of thiocarbonyl (C=S) groups is 1. The number of ether oxygens (including phenoxy) is 2. The molecule has 0 radical (unpaired) electrons. The summed E-state index contributed by atoms with van der Waals surface area (Å²) >= 11 is 5.81. The van der Waals surface area contributed by atoms with Gasteiger partial charge in [-0.15, -0.1) is 0 Å². The number of anilines is 1. The number of rotatable bonds is 5. The Bertz CT molecular complexity index is 1480. The number of nitrogens with zero attached hydrogens (tertiary/aromatic N) is 1. The smallest absolute Gasteiger partial charge is 0.253 e. The van der Waals surface area contributed by atoms with Crippen LogP contribution in [0.1, 0.15) is 27.8 Å². The van der Waals surface area contributed by atoms with Gasteiger partial charge in [-0.3, -0.25) is 4.79 Å². The molecule has 0 aliphatic carbocycles. The number of benzene rings is 3. The molecule has 0 fully saturated rings. The quantitative estimate of drug-likeness (QED) is 0.360. The van der Waals surface area contributed by atoms with E-state index in [0.717, 1.165) is 39.0 Å². The zero-order valence-electron chi connectivity index (χ0n) is 20.0. The molecule has 1 aliphatic heterocycles. The highest BCUT2D eigenvalue weighted by molar-refractivity contribution is 7.80. The summed E-state index contributed by atoms with van der Waals surface area (Å²) in [6, 6.07) is 20.0. The van der Waals surface area contributed by atoms with Crippen molar-refractivity contribution in [3.63, 3.8) is 0 Å². The second-order valence-electron chi connectivity index (χ2n) is 8.94. The fourth-order valence-electron chi connectivity index (χ4n) is 4.19. The third-order valence-corrected chi connectivity index (χ3v) is 6.75. The molecule has 2 N–H and O–H groups in total. The topological polar surface area (TPSA) is 66.6 Å². The van der Waals surface area contributed by atoms with Gasteiger partial charge in [0.2, 0.25) is 6.79 Å². The van der Waals surface area contributed by atoms with Crippen LogP contribution in [0.5, 0.6) is 11.5 Å². The van der Waals surface area contributed by atoms with E-state index < -0.39 is 0 Å². The van der Waals surface area contributed by atoms with E-state index in [4.69, 9.17) is 21.7 Å². The second-order valence-corrected chi connectivity index (χ2v) is 9.32. The average Bonchev–Trinajstić information content (AvgIpc) is 3.31. The molecular weight excluding hydrogens is 458 g/mol. The number of hydrogen-bond donors (Lipinski definition) is 2. The van der Waals surface area contributed by atoms with E-state index in [-0.39, 0.29) is 12.4 Å². The Labute approximate surface area is 209 Å². The number of aromatic nitrogens is 1. The molecule has 1 aliphatic rings. The molecule has 6 nitrogen and oxygen atoms in total. The first kappa shape index (κ1) is 22.9. The van der Waals surface area contributed by atoms with Crippen molar-refractivity contribution < 1.29 is 9.47 Å². The third-order valence-electron chi connectivity index (χ3n) is 6.39. The summed E-state index contributed by atoms with van der Waals surface area (Å²) in [6.07, 6.45) is 0. The molecule has 0 saturated heterocycles. The van der Waals surface area contributed by atoms with Gasteiger partial charge in [0.05, 0.1) is 12.1 Å². The fraction of sp³-hybridized carbons (Fsp3) is 0.214. The lowest BCUT2D eigenvalue weighted by molar-refractivity contribution is 0.174. The van der Waals surface area contributed by atoms with Crippen LogP contribution in [0.4, 0.5) is 5.69 Å². The summed E-state index contributed by atoms with van der Waals surface area (Å²) in [5.41, 5.74) is 6.72. The van der Waals surface area contributed by atoms with E-state index in [1.807, 2.05) is 80.3 Å². The van der Waals surface area contributed by atoms with Gasteiger partial charge < -0.3 is 24.7 Å². The number of nitrogens with one attached hydrogen (secondary N) is 2. The molecule has 0 bridgehead atoms. The second kappa shape index (κ2) is 9.43. The lowest BCUT2D eigenvalue weighted by atomic mass is 10.0. The maximum Gasteiger partial charge on any atom is 0.253 e. The highest BCUT2D eigenvalue weighted by Gasteiger charge is 2.18. The summed E-state index contributed by atoms with van der Waals surface area (Å²) in [5, 5.41) is 4.86. The molecule has 0 amide bonds. The van der Waals surface area contributed by atoms with Crippen LogP contribution in [0, 0.1) is 20.8 Å². The van der Waals surface area contributed by atoms with Crippen molar-refractivity contribution in [2.75, 3.05) is 12.1 Å². The Morgan fingerprint density at radius 2 is 1.74 bits per heavy atom. The maximum absolute atomic E-state index is 13.1. The number of H-pyrrole nitrogens is 1. The van der Waals surface area contributed by atoms with Crippen molar-refractivity contribution in [1.29, 1.82) is 0 Å². The van der Waals surface area contributed by atoms with Gasteiger partial charge in [0.1, 0.15) is 0 Å². The molecule has 1 aromatic heterocycles. The van der Waals surface area contributed by atoms with E-state index in [9.17, 15) is 4.79 Å². The predicted molar refractivity (Wildman–Crippen MR) is 143 cm³/mol. The van der Waals surface area contributed by atoms with Crippen molar-refractivity contribution in [2.45, 2.75) is 33.9 Å². The molecule has 7 heteroatoms. The monoisotopic (exact) mass is 485 g/mol. The number of hydrogen-bond acceptors (Lipinski definition) is 4. The molecule has 35 heavy (non-hydrogen) atoms. The highest BCUT2D eigenvalue weighted by atomic mass is 32.1.